The lowest BCUT2D eigenvalue weighted by molar-refractivity contribution is 0.145. The summed E-state index contributed by atoms with van der Waals surface area (Å²) in [6, 6.07) is 6.34. The number of hydrogen-bond acceptors (Lipinski definition) is 6. The quantitative estimate of drug-likeness (QED) is 0.372. The van der Waals surface area contributed by atoms with Gasteiger partial charge in [0.05, 0.1) is 0 Å². The van der Waals surface area contributed by atoms with Gasteiger partial charge in [0.2, 0.25) is 0 Å². The van der Waals surface area contributed by atoms with Crippen molar-refractivity contribution in [2.45, 2.75) is 39.3 Å². The van der Waals surface area contributed by atoms with Gasteiger partial charge in [-0.15, -0.1) is 10.2 Å². The maximum Gasteiger partial charge on any atom is 0.191 e. The number of aromatic nitrogens is 4. The molecule has 1 saturated heterocycles. The van der Waals surface area contributed by atoms with Crippen molar-refractivity contribution < 1.29 is 4.74 Å². The average Bonchev–Trinajstić information content (AvgIpc) is 3.34. The number of hydrogen-bond donors (Lipinski definition) is 2. The maximum absolute atomic E-state index is 5.42. The van der Waals surface area contributed by atoms with Gasteiger partial charge in [-0.2, -0.15) is 0 Å². The van der Waals surface area contributed by atoms with Crippen LogP contribution in [0.5, 0.6) is 0 Å². The molecule has 0 bridgehead atoms. The lowest BCUT2D eigenvalue weighted by atomic mass is 10.3. The Morgan fingerprint density at radius 1 is 1.34 bits per heavy atom. The van der Waals surface area contributed by atoms with E-state index in [1.807, 2.05) is 43.8 Å². The summed E-state index contributed by atoms with van der Waals surface area (Å²) in [6.45, 7) is 8.62. The maximum atomic E-state index is 5.42. The predicted molar refractivity (Wildman–Crippen MR) is 114 cm³/mol. The summed E-state index contributed by atoms with van der Waals surface area (Å²) in [4.78, 5) is 11.5. The Balaban J connectivity index is 1.58. The van der Waals surface area contributed by atoms with E-state index < -0.39 is 0 Å². The highest BCUT2D eigenvalue weighted by Crippen LogP contribution is 2.17. The van der Waals surface area contributed by atoms with Gasteiger partial charge in [-0.1, -0.05) is 6.07 Å². The Bertz CT molecular complexity index is 776. The van der Waals surface area contributed by atoms with E-state index in [4.69, 9.17) is 9.73 Å². The molecule has 1 fully saturated rings. The van der Waals surface area contributed by atoms with Crippen molar-refractivity contribution in [3.05, 3.63) is 36.0 Å². The van der Waals surface area contributed by atoms with Gasteiger partial charge >= 0.3 is 0 Å². The van der Waals surface area contributed by atoms with Crippen molar-refractivity contribution >= 4 is 11.8 Å². The second kappa shape index (κ2) is 10.8. The third kappa shape index (κ3) is 6.15. The molecule has 3 rings (SSSR count). The molecule has 1 unspecified atom stereocenters. The molecule has 2 aromatic heterocycles. The van der Waals surface area contributed by atoms with Gasteiger partial charge in [-0.25, -0.2) is 9.98 Å². The topological polar surface area (TPSA) is 92.5 Å². The number of guanidine groups is 1. The van der Waals surface area contributed by atoms with Crippen LogP contribution < -0.4 is 15.5 Å². The Hall–Kier alpha value is -2.68. The molecular weight excluding hydrogens is 368 g/mol. The Labute approximate surface area is 172 Å². The van der Waals surface area contributed by atoms with Crippen LogP contribution in [-0.2, 0) is 18.3 Å². The molecule has 1 aliphatic heterocycles. The molecule has 9 heteroatoms. The van der Waals surface area contributed by atoms with Gasteiger partial charge in [0.25, 0.3) is 0 Å². The molecule has 0 aromatic carbocycles. The first-order valence-electron chi connectivity index (χ1n) is 10.3. The lowest BCUT2D eigenvalue weighted by Gasteiger charge is -2.20. The van der Waals surface area contributed by atoms with E-state index in [0.717, 1.165) is 69.1 Å². The third-order valence-electron chi connectivity index (χ3n) is 5.03. The number of rotatable bonds is 9. The minimum atomic E-state index is 0.316. The minimum absolute atomic E-state index is 0.316. The van der Waals surface area contributed by atoms with Crippen molar-refractivity contribution in [1.29, 1.82) is 0 Å². The largest absolute Gasteiger partial charge is 0.382 e. The van der Waals surface area contributed by atoms with E-state index in [0.29, 0.717) is 12.6 Å². The molecule has 9 nitrogen and oxygen atoms in total. The molecule has 0 radical (unpaired) electrons. The molecule has 2 N–H and O–H groups in total. The zero-order valence-electron chi connectivity index (χ0n) is 17.6. The highest BCUT2D eigenvalue weighted by atomic mass is 16.5. The van der Waals surface area contributed by atoms with E-state index in [2.05, 4.69) is 36.8 Å². The summed E-state index contributed by atoms with van der Waals surface area (Å²) in [6.07, 6.45) is 3.81. The van der Waals surface area contributed by atoms with Crippen LogP contribution in [-0.4, -0.2) is 64.6 Å². The monoisotopic (exact) mass is 400 g/mol. The normalized spacial score (nSPS) is 17.0. The van der Waals surface area contributed by atoms with Gasteiger partial charge < -0.3 is 24.8 Å². The average molecular weight is 401 g/mol. The van der Waals surface area contributed by atoms with Gasteiger partial charge in [-0.05, 0) is 38.8 Å². The van der Waals surface area contributed by atoms with E-state index in [1.54, 1.807) is 0 Å². The van der Waals surface area contributed by atoms with Crippen LogP contribution in [0.1, 0.15) is 31.4 Å². The second-order valence-corrected chi connectivity index (χ2v) is 7.13. The first-order chi connectivity index (χ1) is 14.2. The number of nitrogens with one attached hydrogen (secondary N) is 2. The Kier molecular flexibility index (Phi) is 7.80. The number of pyridine rings is 1. The molecule has 2 aromatic rings. The molecular formula is C20H32N8O. The van der Waals surface area contributed by atoms with Gasteiger partial charge in [0.15, 0.2) is 11.8 Å². The number of aliphatic imine (C=N–C) groups is 1. The number of anilines is 1. The fourth-order valence-corrected chi connectivity index (χ4v) is 3.24. The summed E-state index contributed by atoms with van der Waals surface area (Å²) in [5, 5.41) is 15.3. The van der Waals surface area contributed by atoms with Crippen molar-refractivity contribution in [1.82, 2.24) is 30.4 Å². The first kappa shape index (κ1) is 21.0. The molecule has 1 atom stereocenters. The van der Waals surface area contributed by atoms with E-state index in [9.17, 15) is 0 Å². The second-order valence-electron chi connectivity index (χ2n) is 7.13. The van der Waals surface area contributed by atoms with Crippen LogP contribution in [0, 0.1) is 6.92 Å². The van der Waals surface area contributed by atoms with Gasteiger partial charge in [0, 0.05) is 52.1 Å². The number of ether oxygens (including phenoxy) is 1. The van der Waals surface area contributed by atoms with Crippen LogP contribution in [0.3, 0.4) is 0 Å². The molecule has 1 aliphatic rings. The number of aryl methyl sites for hydroxylation is 1. The van der Waals surface area contributed by atoms with Crippen molar-refractivity contribution in [3.8, 4) is 0 Å². The Morgan fingerprint density at radius 2 is 2.24 bits per heavy atom. The fraction of sp³-hybridized carbons (Fsp3) is 0.600. The predicted octanol–water partition coefficient (Wildman–Crippen LogP) is 1.26. The smallest absolute Gasteiger partial charge is 0.191 e. The minimum Gasteiger partial charge on any atom is -0.382 e. The number of nitrogens with zero attached hydrogens (tertiary/aromatic N) is 6. The molecule has 0 amide bonds. The van der Waals surface area contributed by atoms with E-state index in [1.165, 1.54) is 0 Å². The fourth-order valence-electron chi connectivity index (χ4n) is 3.24. The van der Waals surface area contributed by atoms with Crippen LogP contribution in [0.15, 0.2) is 29.4 Å². The molecule has 0 saturated carbocycles. The molecule has 0 aliphatic carbocycles. The molecule has 3 heterocycles. The van der Waals surface area contributed by atoms with Crippen LogP contribution in [0.4, 0.5) is 5.82 Å². The standard InChI is InChI=1S/C20H32N8O/c1-4-29-13-7-11-22-20(23-14-19-26-25-16(2)27(19)3)24-17-9-12-28(15-17)18-8-5-6-10-21-18/h5-6,8,10,17H,4,7,9,11-15H2,1-3H3,(H2,22,23,24). The summed E-state index contributed by atoms with van der Waals surface area (Å²) in [5.74, 6) is 3.56. The highest BCUT2D eigenvalue weighted by molar-refractivity contribution is 5.80. The zero-order valence-corrected chi connectivity index (χ0v) is 17.6. The third-order valence-corrected chi connectivity index (χ3v) is 5.03. The van der Waals surface area contributed by atoms with Crippen LogP contribution in [0.2, 0.25) is 0 Å². The van der Waals surface area contributed by atoms with Crippen molar-refractivity contribution in [3.63, 3.8) is 0 Å². The van der Waals surface area contributed by atoms with Gasteiger partial charge in [-0.3, -0.25) is 0 Å². The van der Waals surface area contributed by atoms with E-state index >= 15 is 0 Å². The molecule has 29 heavy (non-hydrogen) atoms. The van der Waals surface area contributed by atoms with Gasteiger partial charge in [0.1, 0.15) is 18.2 Å². The van der Waals surface area contributed by atoms with E-state index in [-0.39, 0.29) is 0 Å². The summed E-state index contributed by atoms with van der Waals surface area (Å²) in [7, 11) is 1.96. The molecule has 0 spiro atoms. The van der Waals surface area contributed by atoms with Crippen LogP contribution >= 0.6 is 0 Å². The van der Waals surface area contributed by atoms with Crippen LogP contribution in [0.25, 0.3) is 0 Å². The first-order valence-corrected chi connectivity index (χ1v) is 10.3. The Morgan fingerprint density at radius 3 is 2.97 bits per heavy atom. The summed E-state index contributed by atoms with van der Waals surface area (Å²) in [5.41, 5.74) is 0. The summed E-state index contributed by atoms with van der Waals surface area (Å²) >= 11 is 0. The van der Waals surface area contributed by atoms with Crippen molar-refractivity contribution in [2.75, 3.05) is 37.7 Å². The lowest BCUT2D eigenvalue weighted by Crippen LogP contribution is -2.45. The molecule has 158 valence electrons. The highest BCUT2D eigenvalue weighted by Gasteiger charge is 2.24. The van der Waals surface area contributed by atoms with Crippen molar-refractivity contribution in [2.24, 2.45) is 12.0 Å². The SMILES string of the molecule is CCOCCCNC(=NCc1nnc(C)n1C)NC1CCN(c2ccccn2)C1. The zero-order chi connectivity index (χ0) is 20.5. The summed E-state index contributed by atoms with van der Waals surface area (Å²) < 4.78 is 7.39.